The second-order valence-electron chi connectivity index (χ2n) is 3.96. The van der Waals surface area contributed by atoms with Crippen molar-refractivity contribution in [3.63, 3.8) is 0 Å². The molecule has 0 unspecified atom stereocenters. The van der Waals surface area contributed by atoms with E-state index in [4.69, 9.17) is 5.26 Å². The maximum atomic E-state index is 12.1. The highest BCUT2D eigenvalue weighted by atomic mass is 32.2. The van der Waals surface area contributed by atoms with Crippen LogP contribution in [0.1, 0.15) is 16.6 Å². The van der Waals surface area contributed by atoms with E-state index < -0.39 is 5.92 Å². The van der Waals surface area contributed by atoms with Crippen LogP contribution in [0.2, 0.25) is 0 Å². The molecule has 0 fully saturated rings. The zero-order valence-electron chi connectivity index (χ0n) is 10.4. The van der Waals surface area contributed by atoms with Crippen LogP contribution >= 0.6 is 23.1 Å². The van der Waals surface area contributed by atoms with Gasteiger partial charge in [-0.15, -0.1) is 23.1 Å². The van der Waals surface area contributed by atoms with Gasteiger partial charge in [0.2, 0.25) is 0 Å². The van der Waals surface area contributed by atoms with Crippen molar-refractivity contribution in [3.8, 4) is 6.07 Å². The molecule has 0 amide bonds. The van der Waals surface area contributed by atoms with Crippen LogP contribution in [0.4, 0.5) is 0 Å². The highest BCUT2D eigenvalue weighted by molar-refractivity contribution is 8.00. The van der Waals surface area contributed by atoms with E-state index in [-0.39, 0.29) is 5.78 Å². The predicted molar refractivity (Wildman–Crippen MR) is 77.4 cm³/mol. The summed E-state index contributed by atoms with van der Waals surface area (Å²) < 4.78 is 0. The van der Waals surface area contributed by atoms with Crippen LogP contribution in [-0.4, -0.2) is 16.5 Å². The van der Waals surface area contributed by atoms with E-state index in [1.165, 1.54) is 23.1 Å². The van der Waals surface area contributed by atoms with Crippen molar-refractivity contribution >= 4 is 28.9 Å². The zero-order chi connectivity index (χ0) is 13.7. The molecule has 0 bridgehead atoms. The van der Waals surface area contributed by atoms with Crippen LogP contribution in [0.3, 0.4) is 0 Å². The summed E-state index contributed by atoms with van der Waals surface area (Å²) in [5, 5.41) is 11.6. The summed E-state index contributed by atoms with van der Waals surface area (Å²) in [6.45, 7) is 1.86. The lowest BCUT2D eigenvalue weighted by molar-refractivity contribution is -0.116. The van der Waals surface area contributed by atoms with Crippen molar-refractivity contribution in [2.75, 3.05) is 5.75 Å². The maximum absolute atomic E-state index is 12.1. The Morgan fingerprint density at radius 1 is 1.47 bits per heavy atom. The molecule has 0 N–H and O–H groups in total. The molecule has 0 spiro atoms. The van der Waals surface area contributed by atoms with Crippen molar-refractivity contribution in [1.82, 2.24) is 4.98 Å². The summed E-state index contributed by atoms with van der Waals surface area (Å²) in [7, 11) is 0. The molecule has 1 heterocycles. The molecule has 0 saturated heterocycles. The number of benzene rings is 1. The van der Waals surface area contributed by atoms with E-state index in [0.717, 1.165) is 10.6 Å². The highest BCUT2D eigenvalue weighted by Gasteiger charge is 2.23. The SMILES string of the molecule is Cc1csc([C@@H](C#N)C(=O)CSc2ccccc2)n1. The van der Waals surface area contributed by atoms with Crippen LogP contribution in [0.15, 0.2) is 40.6 Å². The van der Waals surface area contributed by atoms with Crippen LogP contribution in [0.25, 0.3) is 0 Å². The third-order valence-corrected chi connectivity index (χ3v) is 4.52. The third-order valence-electron chi connectivity index (χ3n) is 2.46. The Labute approximate surface area is 120 Å². The number of rotatable bonds is 5. The van der Waals surface area contributed by atoms with Gasteiger partial charge in [-0.25, -0.2) is 4.98 Å². The fourth-order valence-electron chi connectivity index (χ4n) is 1.52. The second kappa shape index (κ2) is 6.50. The van der Waals surface area contributed by atoms with Crippen LogP contribution < -0.4 is 0 Å². The molecular formula is C14H12N2OS2. The minimum Gasteiger partial charge on any atom is -0.297 e. The average Bonchev–Trinajstić information content (AvgIpc) is 2.85. The molecule has 1 aromatic carbocycles. The van der Waals surface area contributed by atoms with Crippen LogP contribution in [0, 0.1) is 18.3 Å². The largest absolute Gasteiger partial charge is 0.297 e. The standard InChI is InChI=1S/C14H12N2OS2/c1-10-8-19-14(16-10)12(7-15)13(17)9-18-11-5-3-2-4-6-11/h2-6,8,12H,9H2,1H3/t12-/m0/s1. The van der Waals surface area contributed by atoms with Crippen molar-refractivity contribution in [3.05, 3.63) is 46.4 Å². The number of aryl methyl sites for hydroxylation is 1. The van der Waals surface area contributed by atoms with Gasteiger partial charge < -0.3 is 0 Å². The first kappa shape index (κ1) is 13.8. The monoisotopic (exact) mass is 288 g/mol. The van der Waals surface area contributed by atoms with Gasteiger partial charge in [0.25, 0.3) is 0 Å². The van der Waals surface area contributed by atoms with Gasteiger partial charge in [-0.1, -0.05) is 18.2 Å². The molecule has 5 heteroatoms. The summed E-state index contributed by atoms with van der Waals surface area (Å²) in [6, 6.07) is 11.7. The number of ketones is 1. The molecular weight excluding hydrogens is 276 g/mol. The number of aromatic nitrogens is 1. The normalized spacial score (nSPS) is 11.8. The Morgan fingerprint density at radius 2 is 2.21 bits per heavy atom. The molecule has 0 aliphatic rings. The first-order valence-electron chi connectivity index (χ1n) is 5.73. The van der Waals surface area contributed by atoms with E-state index in [1.54, 1.807) is 0 Å². The van der Waals surface area contributed by atoms with Gasteiger partial charge >= 0.3 is 0 Å². The number of nitrogens with zero attached hydrogens (tertiary/aromatic N) is 2. The van der Waals surface area contributed by atoms with E-state index in [0.29, 0.717) is 10.8 Å². The molecule has 1 aromatic heterocycles. The molecule has 0 aliphatic heterocycles. The molecule has 2 aromatic rings. The number of nitriles is 1. The number of Topliss-reactive ketones (excluding diaryl/α,β-unsaturated/α-hetero) is 1. The number of hydrogen-bond donors (Lipinski definition) is 0. The lowest BCUT2D eigenvalue weighted by Crippen LogP contribution is -2.13. The first-order chi connectivity index (χ1) is 9.20. The lowest BCUT2D eigenvalue weighted by atomic mass is 10.1. The number of carbonyl (C=O) groups is 1. The van der Waals surface area contributed by atoms with Crippen LogP contribution in [0.5, 0.6) is 0 Å². The highest BCUT2D eigenvalue weighted by Crippen LogP contribution is 2.24. The molecule has 2 rings (SSSR count). The summed E-state index contributed by atoms with van der Waals surface area (Å²) in [5.41, 5.74) is 0.851. The molecule has 3 nitrogen and oxygen atoms in total. The second-order valence-corrected chi connectivity index (χ2v) is 5.90. The van der Waals surface area contributed by atoms with Gasteiger partial charge in [0, 0.05) is 16.0 Å². The Balaban J connectivity index is 2.00. The number of hydrogen-bond acceptors (Lipinski definition) is 5. The molecule has 96 valence electrons. The zero-order valence-corrected chi connectivity index (χ0v) is 12.0. The number of thiazole rings is 1. The van der Waals surface area contributed by atoms with E-state index >= 15 is 0 Å². The minimum atomic E-state index is -0.741. The average molecular weight is 288 g/mol. The Hall–Kier alpha value is -1.64. The molecule has 0 radical (unpaired) electrons. The molecule has 1 atom stereocenters. The number of carbonyl (C=O) groups excluding carboxylic acids is 1. The predicted octanol–water partition coefficient (Wildman–Crippen LogP) is 3.42. The minimum absolute atomic E-state index is 0.0919. The fourth-order valence-corrected chi connectivity index (χ4v) is 3.21. The quantitative estimate of drug-likeness (QED) is 0.791. The smallest absolute Gasteiger partial charge is 0.167 e. The summed E-state index contributed by atoms with van der Waals surface area (Å²) in [6.07, 6.45) is 0. The van der Waals surface area contributed by atoms with Gasteiger partial charge in [-0.3, -0.25) is 4.79 Å². The fraction of sp³-hybridized carbons (Fsp3) is 0.214. The van der Waals surface area contributed by atoms with E-state index in [1.807, 2.05) is 42.6 Å². The van der Waals surface area contributed by atoms with Gasteiger partial charge in [-0.05, 0) is 19.1 Å². The Kier molecular flexibility index (Phi) is 4.72. The first-order valence-corrected chi connectivity index (χ1v) is 7.59. The van der Waals surface area contributed by atoms with Gasteiger partial charge in [-0.2, -0.15) is 5.26 Å². The molecule has 0 aliphatic carbocycles. The van der Waals surface area contributed by atoms with Gasteiger partial charge in [0.05, 0.1) is 11.8 Å². The molecule has 19 heavy (non-hydrogen) atoms. The lowest BCUT2D eigenvalue weighted by Gasteiger charge is -2.04. The van der Waals surface area contributed by atoms with Crippen molar-refractivity contribution in [1.29, 1.82) is 5.26 Å². The summed E-state index contributed by atoms with van der Waals surface area (Å²) >= 11 is 2.82. The van der Waals surface area contributed by atoms with E-state index in [9.17, 15) is 4.79 Å². The molecule has 0 saturated carbocycles. The van der Waals surface area contributed by atoms with Crippen molar-refractivity contribution in [2.45, 2.75) is 17.7 Å². The third kappa shape index (κ3) is 3.66. The maximum Gasteiger partial charge on any atom is 0.167 e. The number of thioether (sulfide) groups is 1. The van der Waals surface area contributed by atoms with Crippen molar-refractivity contribution < 1.29 is 4.79 Å². The Morgan fingerprint density at radius 3 is 2.79 bits per heavy atom. The van der Waals surface area contributed by atoms with Gasteiger partial charge in [0.15, 0.2) is 11.7 Å². The Bertz CT molecular complexity index is 601. The van der Waals surface area contributed by atoms with E-state index in [2.05, 4.69) is 11.1 Å². The summed E-state index contributed by atoms with van der Waals surface area (Å²) in [5.74, 6) is -0.540. The van der Waals surface area contributed by atoms with Gasteiger partial charge in [0.1, 0.15) is 5.01 Å². The van der Waals surface area contributed by atoms with Crippen LogP contribution in [-0.2, 0) is 4.79 Å². The topological polar surface area (TPSA) is 53.8 Å². The van der Waals surface area contributed by atoms with Crippen molar-refractivity contribution in [2.24, 2.45) is 0 Å². The summed E-state index contributed by atoms with van der Waals surface area (Å²) in [4.78, 5) is 17.3.